The van der Waals surface area contributed by atoms with Crippen molar-refractivity contribution < 1.29 is 17.5 Å². The van der Waals surface area contributed by atoms with E-state index in [2.05, 4.69) is 12.0 Å². The maximum Gasteiger partial charge on any atom is 0.394 e. The predicted molar refractivity (Wildman–Crippen MR) is 42.1 cm³/mol. The molecule has 70 valence electrons. The van der Waals surface area contributed by atoms with Crippen LogP contribution in [0.5, 0.6) is 0 Å². The number of nitrogens with zero attached hydrogens (tertiary/aromatic N) is 2. The molecule has 0 spiro atoms. The van der Waals surface area contributed by atoms with Gasteiger partial charge in [0.2, 0.25) is 0 Å². The summed E-state index contributed by atoms with van der Waals surface area (Å²) in [7, 11) is -4.67. The molecule has 12 heavy (non-hydrogen) atoms. The van der Waals surface area contributed by atoms with E-state index in [9.17, 15) is 0 Å². The Morgan fingerprint density at radius 2 is 2.00 bits per heavy atom. The number of aromatic nitrogens is 2. The molecule has 0 amide bonds. The lowest BCUT2D eigenvalue weighted by atomic mass is 10.7. The molecule has 0 unspecified atom stereocenters. The highest BCUT2D eigenvalue weighted by atomic mass is 32.3. The summed E-state index contributed by atoms with van der Waals surface area (Å²) in [5.41, 5.74) is 0. The fourth-order valence-electron chi connectivity index (χ4n) is 0.488. The van der Waals surface area contributed by atoms with Gasteiger partial charge in [-0.2, -0.15) is 13.5 Å². The highest BCUT2D eigenvalue weighted by molar-refractivity contribution is 7.79. The van der Waals surface area contributed by atoms with Gasteiger partial charge in [-0.25, -0.2) is 0 Å². The van der Waals surface area contributed by atoms with E-state index in [0.29, 0.717) is 0 Å². The van der Waals surface area contributed by atoms with Gasteiger partial charge in [-0.3, -0.25) is 13.8 Å². The van der Waals surface area contributed by atoms with E-state index in [4.69, 9.17) is 17.5 Å². The average molecular weight is 194 g/mol. The monoisotopic (exact) mass is 194 g/mol. The first-order valence-electron chi connectivity index (χ1n) is 3.10. The number of aryl methyl sites for hydroxylation is 1. The van der Waals surface area contributed by atoms with Crippen LogP contribution in [0.25, 0.3) is 0 Å². The van der Waals surface area contributed by atoms with Crippen LogP contribution in [0.1, 0.15) is 6.92 Å². The van der Waals surface area contributed by atoms with Crippen LogP contribution >= 0.6 is 0 Å². The Morgan fingerprint density at radius 1 is 1.50 bits per heavy atom. The van der Waals surface area contributed by atoms with Crippen molar-refractivity contribution in [3.05, 3.63) is 18.5 Å². The molecule has 0 fully saturated rings. The topological polar surface area (TPSA) is 92.4 Å². The van der Waals surface area contributed by atoms with Gasteiger partial charge in [-0.1, -0.05) is 0 Å². The standard InChI is InChI=1S/C5H8N2.H2O4S/c1-2-7-5-3-4-6-7;1-5(2,3)4/h3-5H,2H2,1H3;(H2,1,2,3,4). The molecule has 1 aromatic rings. The lowest BCUT2D eigenvalue weighted by molar-refractivity contribution is 0.381. The van der Waals surface area contributed by atoms with Gasteiger partial charge < -0.3 is 0 Å². The Labute approximate surface area is 70.4 Å². The minimum Gasteiger partial charge on any atom is -0.273 e. The van der Waals surface area contributed by atoms with Crippen LogP contribution in [-0.2, 0) is 16.9 Å². The summed E-state index contributed by atoms with van der Waals surface area (Å²) in [4.78, 5) is 0. The Balaban J connectivity index is 0.000000217. The molecule has 2 N–H and O–H groups in total. The van der Waals surface area contributed by atoms with E-state index >= 15 is 0 Å². The van der Waals surface area contributed by atoms with Crippen molar-refractivity contribution in [3.63, 3.8) is 0 Å². The zero-order chi connectivity index (χ0) is 9.61. The summed E-state index contributed by atoms with van der Waals surface area (Å²) in [6, 6.07) is 1.92. The fourth-order valence-corrected chi connectivity index (χ4v) is 0.488. The van der Waals surface area contributed by atoms with Crippen LogP contribution in [0.2, 0.25) is 0 Å². The second-order valence-corrected chi connectivity index (χ2v) is 2.71. The minimum atomic E-state index is -4.67. The summed E-state index contributed by atoms with van der Waals surface area (Å²) in [6.45, 7) is 3.03. The molecule has 0 aromatic carbocycles. The maximum absolute atomic E-state index is 8.74. The van der Waals surface area contributed by atoms with E-state index in [1.165, 1.54) is 0 Å². The van der Waals surface area contributed by atoms with E-state index in [1.807, 2.05) is 16.9 Å². The largest absolute Gasteiger partial charge is 0.394 e. The Bertz CT molecular complexity index is 283. The average Bonchev–Trinajstić information content (AvgIpc) is 2.33. The lowest BCUT2D eigenvalue weighted by Gasteiger charge is -1.87. The van der Waals surface area contributed by atoms with Crippen LogP contribution in [0.3, 0.4) is 0 Å². The molecule has 7 heteroatoms. The molecule has 0 aliphatic rings. The molecular formula is C5H10N2O4S. The van der Waals surface area contributed by atoms with E-state index in [0.717, 1.165) is 6.54 Å². The molecule has 1 heterocycles. The maximum atomic E-state index is 8.74. The van der Waals surface area contributed by atoms with Gasteiger partial charge in [-0.15, -0.1) is 0 Å². The molecular weight excluding hydrogens is 184 g/mol. The summed E-state index contributed by atoms with van der Waals surface area (Å²) in [5.74, 6) is 0. The smallest absolute Gasteiger partial charge is 0.273 e. The van der Waals surface area contributed by atoms with Gasteiger partial charge in [0.25, 0.3) is 0 Å². The Hall–Kier alpha value is -0.920. The first-order valence-corrected chi connectivity index (χ1v) is 4.50. The van der Waals surface area contributed by atoms with Crippen LogP contribution in [0.15, 0.2) is 18.5 Å². The third kappa shape index (κ3) is 9.08. The van der Waals surface area contributed by atoms with Gasteiger partial charge in [0.1, 0.15) is 0 Å². The Morgan fingerprint density at radius 3 is 2.17 bits per heavy atom. The molecule has 0 atom stereocenters. The molecule has 0 radical (unpaired) electrons. The summed E-state index contributed by atoms with van der Waals surface area (Å²) in [6.07, 6.45) is 3.73. The molecule has 1 rings (SSSR count). The molecule has 1 aromatic heterocycles. The van der Waals surface area contributed by atoms with Crippen molar-refractivity contribution in [1.82, 2.24) is 9.78 Å². The van der Waals surface area contributed by atoms with E-state index < -0.39 is 10.4 Å². The van der Waals surface area contributed by atoms with Crippen molar-refractivity contribution in [1.29, 1.82) is 0 Å². The third-order valence-corrected chi connectivity index (χ3v) is 0.883. The van der Waals surface area contributed by atoms with Gasteiger partial charge in [-0.05, 0) is 13.0 Å². The van der Waals surface area contributed by atoms with Crippen molar-refractivity contribution >= 4 is 10.4 Å². The molecule has 0 saturated carbocycles. The zero-order valence-electron chi connectivity index (χ0n) is 6.45. The summed E-state index contributed by atoms with van der Waals surface area (Å²) >= 11 is 0. The molecule has 0 saturated heterocycles. The van der Waals surface area contributed by atoms with Crippen molar-refractivity contribution in [3.8, 4) is 0 Å². The molecule has 0 aliphatic heterocycles. The molecule has 6 nitrogen and oxygen atoms in total. The van der Waals surface area contributed by atoms with Crippen LogP contribution < -0.4 is 0 Å². The third-order valence-electron chi connectivity index (χ3n) is 0.883. The predicted octanol–water partition coefficient (Wildman–Crippen LogP) is 0.250. The number of hydrogen-bond donors (Lipinski definition) is 2. The van der Waals surface area contributed by atoms with E-state index in [1.54, 1.807) is 6.20 Å². The van der Waals surface area contributed by atoms with Crippen LogP contribution in [0.4, 0.5) is 0 Å². The number of hydrogen-bond acceptors (Lipinski definition) is 3. The van der Waals surface area contributed by atoms with Gasteiger partial charge in [0, 0.05) is 18.9 Å². The summed E-state index contributed by atoms with van der Waals surface area (Å²) in [5, 5.41) is 3.95. The minimum absolute atomic E-state index is 0.965. The highest BCUT2D eigenvalue weighted by Gasteiger charge is 1.84. The Kier molecular flexibility index (Phi) is 4.49. The molecule has 0 bridgehead atoms. The van der Waals surface area contributed by atoms with Gasteiger partial charge in [0.05, 0.1) is 0 Å². The first-order chi connectivity index (χ1) is 5.43. The van der Waals surface area contributed by atoms with Crippen LogP contribution in [-0.4, -0.2) is 27.3 Å². The van der Waals surface area contributed by atoms with Gasteiger partial charge in [0.15, 0.2) is 0 Å². The quantitative estimate of drug-likeness (QED) is 0.625. The van der Waals surface area contributed by atoms with Crippen molar-refractivity contribution in [2.24, 2.45) is 0 Å². The fraction of sp³-hybridized carbons (Fsp3) is 0.400. The molecule has 0 aliphatic carbocycles. The zero-order valence-corrected chi connectivity index (χ0v) is 7.27. The van der Waals surface area contributed by atoms with Gasteiger partial charge >= 0.3 is 10.4 Å². The number of rotatable bonds is 1. The normalized spacial score (nSPS) is 10.2. The second-order valence-electron chi connectivity index (χ2n) is 1.81. The second kappa shape index (κ2) is 4.86. The van der Waals surface area contributed by atoms with Crippen LogP contribution in [0, 0.1) is 0 Å². The van der Waals surface area contributed by atoms with Crippen molar-refractivity contribution in [2.45, 2.75) is 13.5 Å². The highest BCUT2D eigenvalue weighted by Crippen LogP contribution is 1.79. The van der Waals surface area contributed by atoms with E-state index in [-0.39, 0.29) is 0 Å². The van der Waals surface area contributed by atoms with Crippen molar-refractivity contribution in [2.75, 3.05) is 0 Å². The SMILES string of the molecule is CCn1cccn1.O=S(=O)(O)O. The lowest BCUT2D eigenvalue weighted by Crippen LogP contribution is -1.91. The first kappa shape index (κ1) is 11.1. The summed E-state index contributed by atoms with van der Waals surface area (Å²) < 4.78 is 33.5.